The molecule has 28 heavy (non-hydrogen) atoms. The van der Waals surface area contributed by atoms with E-state index in [1.54, 1.807) is 6.08 Å². The van der Waals surface area contributed by atoms with Gasteiger partial charge in [-0.1, -0.05) is 57.6 Å². The van der Waals surface area contributed by atoms with E-state index in [1.807, 2.05) is 6.08 Å². The van der Waals surface area contributed by atoms with Gasteiger partial charge in [-0.15, -0.1) is 0 Å². The van der Waals surface area contributed by atoms with E-state index >= 15 is 0 Å². The normalized spacial score (nSPS) is 25.9. The number of nitrogens with zero attached hydrogens (tertiary/aromatic N) is 1. The van der Waals surface area contributed by atoms with E-state index in [0.29, 0.717) is 25.7 Å². The van der Waals surface area contributed by atoms with Crippen molar-refractivity contribution in [3.05, 3.63) is 22.3 Å². The van der Waals surface area contributed by atoms with Crippen LogP contribution in [-0.2, 0) is 9.53 Å². The second kappa shape index (κ2) is 13.7. The van der Waals surface area contributed by atoms with Crippen molar-refractivity contribution < 1.29 is 24.7 Å². The summed E-state index contributed by atoms with van der Waals surface area (Å²) in [5.74, 6) is -0.513. The summed E-state index contributed by atoms with van der Waals surface area (Å²) in [5.41, 5.74) is 0. The van der Waals surface area contributed by atoms with Crippen molar-refractivity contribution in [2.24, 2.45) is 11.8 Å². The fourth-order valence-electron chi connectivity index (χ4n) is 4.11. The molecule has 0 aromatic heterocycles. The van der Waals surface area contributed by atoms with Crippen molar-refractivity contribution in [3.63, 3.8) is 0 Å². The number of allylic oxidation sites excluding steroid dienone is 1. The summed E-state index contributed by atoms with van der Waals surface area (Å²) in [5, 5.41) is 31.7. The lowest BCUT2D eigenvalue weighted by Crippen LogP contribution is -2.34. The van der Waals surface area contributed by atoms with E-state index in [4.69, 9.17) is 0 Å². The lowest BCUT2D eigenvalue weighted by atomic mass is 9.87. The first kappa shape index (κ1) is 24.6. The molecule has 1 fully saturated rings. The van der Waals surface area contributed by atoms with Gasteiger partial charge in [0, 0.05) is 17.3 Å². The predicted molar refractivity (Wildman–Crippen MR) is 107 cm³/mol. The molecule has 0 spiro atoms. The van der Waals surface area contributed by atoms with Gasteiger partial charge in [-0.25, -0.2) is 0 Å². The number of carbonyl (C=O) groups excluding carboxylic acids is 1. The average Bonchev–Trinajstić information content (AvgIpc) is 2.98. The first-order chi connectivity index (χ1) is 13.4. The maximum atomic E-state index is 11.4. The fraction of sp³-hybridized carbons (Fsp3) is 0.857. The van der Waals surface area contributed by atoms with Crippen LogP contribution in [0.15, 0.2) is 12.2 Å². The Labute approximate surface area is 168 Å². The molecule has 7 heteroatoms. The summed E-state index contributed by atoms with van der Waals surface area (Å²) in [6.45, 7) is 2.11. The van der Waals surface area contributed by atoms with Gasteiger partial charge in [0.05, 0.1) is 13.2 Å². The molecular weight excluding hydrogens is 362 g/mol. The van der Waals surface area contributed by atoms with Gasteiger partial charge in [0.25, 0.3) is 0 Å². The maximum absolute atomic E-state index is 11.4. The van der Waals surface area contributed by atoms with E-state index in [9.17, 15) is 25.1 Å². The largest absolute Gasteiger partial charge is 0.469 e. The van der Waals surface area contributed by atoms with Crippen LogP contribution in [0.3, 0.4) is 0 Å². The van der Waals surface area contributed by atoms with Crippen LogP contribution in [0.25, 0.3) is 0 Å². The Morgan fingerprint density at radius 2 is 1.96 bits per heavy atom. The minimum Gasteiger partial charge on any atom is -0.469 e. The number of hydrogen-bond donors (Lipinski definition) is 2. The van der Waals surface area contributed by atoms with E-state index in [-0.39, 0.29) is 22.7 Å². The van der Waals surface area contributed by atoms with Crippen LogP contribution in [0.1, 0.15) is 77.6 Å². The Balaban J connectivity index is 2.52. The van der Waals surface area contributed by atoms with Crippen LogP contribution in [0, 0.1) is 22.0 Å². The highest BCUT2D eigenvalue weighted by Crippen LogP contribution is 2.38. The molecule has 0 aromatic rings. The van der Waals surface area contributed by atoms with Gasteiger partial charge in [0.15, 0.2) is 0 Å². The van der Waals surface area contributed by atoms with Crippen LogP contribution in [-0.4, -0.2) is 46.5 Å². The van der Waals surface area contributed by atoms with E-state index in [1.165, 1.54) is 7.11 Å². The average molecular weight is 400 g/mol. The molecule has 162 valence electrons. The summed E-state index contributed by atoms with van der Waals surface area (Å²) in [4.78, 5) is 22.2. The molecule has 5 atom stereocenters. The first-order valence-electron chi connectivity index (χ1n) is 10.6. The SMILES string of the molecule is CCCCC[C@H](O)/C=C/[C@H]1CC(O)C([N+](=O)[O-])[C@H]1CCCCCCC(=O)OC. The van der Waals surface area contributed by atoms with Crippen molar-refractivity contribution >= 4 is 5.97 Å². The van der Waals surface area contributed by atoms with Crippen molar-refractivity contribution in [1.29, 1.82) is 0 Å². The monoisotopic (exact) mass is 399 g/mol. The van der Waals surface area contributed by atoms with Gasteiger partial charge in [0.1, 0.15) is 6.10 Å². The summed E-state index contributed by atoms with van der Waals surface area (Å²) in [6.07, 6.45) is 10.8. The highest BCUT2D eigenvalue weighted by atomic mass is 16.6. The van der Waals surface area contributed by atoms with Crippen molar-refractivity contribution in [2.45, 2.75) is 95.8 Å². The maximum Gasteiger partial charge on any atom is 0.305 e. The Kier molecular flexibility index (Phi) is 12.0. The molecule has 7 nitrogen and oxygen atoms in total. The summed E-state index contributed by atoms with van der Waals surface area (Å²) in [6, 6.07) is -0.943. The number of hydrogen-bond acceptors (Lipinski definition) is 6. The number of ether oxygens (including phenoxy) is 1. The fourth-order valence-corrected chi connectivity index (χ4v) is 4.11. The molecule has 0 amide bonds. The minimum absolute atomic E-state index is 0.0821. The lowest BCUT2D eigenvalue weighted by Gasteiger charge is -2.18. The number of aliphatic hydroxyl groups is 2. The molecule has 1 aliphatic carbocycles. The number of aliphatic hydroxyl groups excluding tert-OH is 2. The summed E-state index contributed by atoms with van der Waals surface area (Å²) < 4.78 is 4.61. The number of esters is 1. The lowest BCUT2D eigenvalue weighted by molar-refractivity contribution is -0.539. The van der Waals surface area contributed by atoms with E-state index < -0.39 is 18.2 Å². The highest BCUT2D eigenvalue weighted by molar-refractivity contribution is 5.68. The molecule has 0 heterocycles. The Hall–Kier alpha value is -1.47. The van der Waals surface area contributed by atoms with Crippen molar-refractivity contribution in [3.8, 4) is 0 Å². The van der Waals surface area contributed by atoms with Gasteiger partial charge >= 0.3 is 5.97 Å². The van der Waals surface area contributed by atoms with Gasteiger partial charge in [-0.05, 0) is 31.6 Å². The van der Waals surface area contributed by atoms with Crippen molar-refractivity contribution in [1.82, 2.24) is 0 Å². The Bertz CT molecular complexity index is 495. The third-order valence-corrected chi connectivity index (χ3v) is 5.72. The molecule has 0 aromatic carbocycles. The van der Waals surface area contributed by atoms with Gasteiger partial charge in [-0.3, -0.25) is 14.9 Å². The van der Waals surface area contributed by atoms with Gasteiger partial charge in [-0.2, -0.15) is 0 Å². The number of carbonyl (C=O) groups is 1. The molecule has 1 aliphatic rings. The smallest absolute Gasteiger partial charge is 0.305 e. The second-order valence-corrected chi connectivity index (χ2v) is 7.88. The van der Waals surface area contributed by atoms with E-state index in [2.05, 4.69) is 11.7 Å². The molecule has 1 saturated carbocycles. The first-order valence-corrected chi connectivity index (χ1v) is 10.6. The van der Waals surface area contributed by atoms with Crippen LogP contribution in [0.2, 0.25) is 0 Å². The quantitative estimate of drug-likeness (QED) is 0.152. The van der Waals surface area contributed by atoms with Crippen LogP contribution in [0.4, 0.5) is 0 Å². The number of methoxy groups -OCH3 is 1. The summed E-state index contributed by atoms with van der Waals surface area (Å²) >= 11 is 0. The highest BCUT2D eigenvalue weighted by Gasteiger charge is 2.48. The molecule has 2 unspecified atom stereocenters. The van der Waals surface area contributed by atoms with Crippen LogP contribution in [0.5, 0.6) is 0 Å². The minimum atomic E-state index is -0.943. The van der Waals surface area contributed by atoms with Crippen LogP contribution >= 0.6 is 0 Å². The number of nitro groups is 1. The molecule has 0 aliphatic heterocycles. The summed E-state index contributed by atoms with van der Waals surface area (Å²) in [7, 11) is 1.37. The molecule has 0 radical (unpaired) electrons. The Morgan fingerprint density at radius 3 is 2.61 bits per heavy atom. The number of rotatable bonds is 14. The molecular formula is C21H37NO6. The van der Waals surface area contributed by atoms with Gasteiger partial charge in [0.2, 0.25) is 6.04 Å². The zero-order chi connectivity index (χ0) is 20.9. The van der Waals surface area contributed by atoms with Crippen molar-refractivity contribution in [2.75, 3.05) is 7.11 Å². The number of unbranched alkanes of at least 4 members (excludes halogenated alkanes) is 5. The van der Waals surface area contributed by atoms with E-state index in [0.717, 1.165) is 44.9 Å². The molecule has 0 bridgehead atoms. The zero-order valence-electron chi connectivity index (χ0n) is 17.3. The third-order valence-electron chi connectivity index (χ3n) is 5.72. The van der Waals surface area contributed by atoms with Gasteiger partial charge < -0.3 is 14.9 Å². The van der Waals surface area contributed by atoms with Crippen LogP contribution < -0.4 is 0 Å². The molecule has 2 N–H and O–H groups in total. The molecule has 0 saturated heterocycles. The second-order valence-electron chi connectivity index (χ2n) is 7.88. The standard InChI is InChI=1S/C21H37NO6/c1-3-4-7-10-17(23)14-13-16-15-19(24)21(22(26)27)18(16)11-8-5-6-9-12-20(25)28-2/h13-14,16-19,21,23-24H,3-12,15H2,1-2H3/b14-13+/t16-,17-,18-,19?,21?/m0/s1. The predicted octanol–water partition coefficient (Wildman–Crippen LogP) is 3.64. The zero-order valence-corrected chi connectivity index (χ0v) is 17.3. The Morgan fingerprint density at radius 1 is 1.25 bits per heavy atom. The third kappa shape index (κ3) is 8.69. The molecule has 1 rings (SSSR count). The topological polar surface area (TPSA) is 110 Å².